The summed E-state index contributed by atoms with van der Waals surface area (Å²) < 4.78 is 13.7. The summed E-state index contributed by atoms with van der Waals surface area (Å²) in [6.45, 7) is 2.21. The first kappa shape index (κ1) is 11.8. The number of aromatic nitrogens is 1. The molecule has 1 aromatic rings. The van der Waals surface area contributed by atoms with Crippen LogP contribution in [0.4, 0.5) is 10.1 Å². The first-order chi connectivity index (χ1) is 8.05. The van der Waals surface area contributed by atoms with Crippen LogP contribution in [0.1, 0.15) is 26.2 Å². The van der Waals surface area contributed by atoms with Gasteiger partial charge in [-0.15, -0.1) is 0 Å². The molecule has 0 aliphatic carbocycles. The van der Waals surface area contributed by atoms with Crippen molar-refractivity contribution in [3.63, 3.8) is 0 Å². The van der Waals surface area contributed by atoms with Gasteiger partial charge in [0.25, 0.3) is 0 Å². The first-order valence-electron chi connectivity index (χ1n) is 5.66. The highest BCUT2D eigenvalue weighted by Gasteiger charge is 2.42. The number of pyridine rings is 1. The smallest absolute Gasteiger partial charge is 0.329 e. The van der Waals surface area contributed by atoms with Gasteiger partial charge in [0.05, 0.1) is 11.9 Å². The van der Waals surface area contributed by atoms with Crippen molar-refractivity contribution in [2.45, 2.75) is 31.7 Å². The lowest BCUT2D eigenvalue weighted by Gasteiger charge is -2.43. The van der Waals surface area contributed by atoms with Gasteiger partial charge >= 0.3 is 5.97 Å². The summed E-state index contributed by atoms with van der Waals surface area (Å²) in [5.41, 5.74) is -0.704. The Balaban J connectivity index is 2.42. The number of halogens is 1. The number of carboxylic acid groups (broad SMARTS) is 1. The van der Waals surface area contributed by atoms with Crippen molar-refractivity contribution in [3.8, 4) is 0 Å². The Morgan fingerprint density at radius 2 is 2.35 bits per heavy atom. The van der Waals surface area contributed by atoms with E-state index in [1.54, 1.807) is 11.8 Å². The lowest BCUT2D eigenvalue weighted by molar-refractivity contribution is -0.143. The number of anilines is 1. The summed E-state index contributed by atoms with van der Waals surface area (Å²) >= 11 is 0. The Hall–Kier alpha value is -1.65. The van der Waals surface area contributed by atoms with Crippen molar-refractivity contribution in [3.05, 3.63) is 24.3 Å². The van der Waals surface area contributed by atoms with Crippen LogP contribution in [-0.4, -0.2) is 28.1 Å². The number of rotatable bonds is 2. The molecular formula is C12H15FN2O2. The second kappa shape index (κ2) is 4.31. The van der Waals surface area contributed by atoms with Crippen molar-refractivity contribution >= 4 is 11.7 Å². The molecule has 92 valence electrons. The molecule has 1 fully saturated rings. The molecule has 1 N–H and O–H groups in total. The molecule has 0 bridgehead atoms. The molecular weight excluding hydrogens is 223 g/mol. The summed E-state index contributed by atoms with van der Waals surface area (Å²) in [5, 5.41) is 9.34. The van der Waals surface area contributed by atoms with Crippen molar-refractivity contribution < 1.29 is 14.3 Å². The molecule has 1 atom stereocenters. The predicted molar refractivity (Wildman–Crippen MR) is 61.4 cm³/mol. The van der Waals surface area contributed by atoms with Gasteiger partial charge in [0.15, 0.2) is 5.82 Å². The minimum absolute atomic E-state index is 0.324. The average molecular weight is 238 g/mol. The molecule has 2 rings (SSSR count). The lowest BCUT2D eigenvalue weighted by atomic mass is 9.88. The number of carboxylic acids is 1. The van der Waals surface area contributed by atoms with E-state index in [0.29, 0.717) is 18.7 Å². The van der Waals surface area contributed by atoms with E-state index in [1.165, 1.54) is 12.3 Å². The van der Waals surface area contributed by atoms with Gasteiger partial charge in [-0.25, -0.2) is 9.18 Å². The van der Waals surface area contributed by atoms with Crippen LogP contribution >= 0.6 is 0 Å². The average Bonchev–Trinajstić information content (AvgIpc) is 2.31. The number of piperidine rings is 1. The van der Waals surface area contributed by atoms with Gasteiger partial charge in [0.1, 0.15) is 5.54 Å². The summed E-state index contributed by atoms with van der Waals surface area (Å²) in [7, 11) is 0. The van der Waals surface area contributed by atoms with Gasteiger partial charge in [-0.1, -0.05) is 0 Å². The summed E-state index contributed by atoms with van der Waals surface area (Å²) in [6.07, 6.45) is 4.86. The van der Waals surface area contributed by atoms with Crippen molar-refractivity contribution in [2.24, 2.45) is 0 Å². The van der Waals surface area contributed by atoms with Gasteiger partial charge in [0.2, 0.25) is 0 Å². The molecule has 2 heterocycles. The van der Waals surface area contributed by atoms with Gasteiger partial charge in [-0.05, 0) is 32.3 Å². The third kappa shape index (κ3) is 1.97. The molecule has 0 amide bonds. The normalized spacial score (nSPS) is 24.7. The molecule has 0 spiro atoms. The maximum absolute atomic E-state index is 13.7. The minimum Gasteiger partial charge on any atom is -0.480 e. The fourth-order valence-electron chi connectivity index (χ4n) is 2.32. The Labute approximate surface area is 99.1 Å². The Morgan fingerprint density at radius 3 is 3.00 bits per heavy atom. The Bertz CT molecular complexity index is 438. The van der Waals surface area contributed by atoms with Crippen LogP contribution in [0.15, 0.2) is 18.5 Å². The maximum Gasteiger partial charge on any atom is 0.329 e. The number of aliphatic carboxylic acids is 1. The maximum atomic E-state index is 13.7. The molecule has 4 nitrogen and oxygen atoms in total. The molecule has 0 radical (unpaired) electrons. The first-order valence-corrected chi connectivity index (χ1v) is 5.66. The number of hydrogen-bond donors (Lipinski definition) is 1. The predicted octanol–water partition coefficient (Wildman–Crippen LogP) is 2.05. The molecule has 5 heteroatoms. The van der Waals surface area contributed by atoms with Crippen LogP contribution in [-0.2, 0) is 4.79 Å². The molecule has 0 aromatic carbocycles. The van der Waals surface area contributed by atoms with Crippen LogP contribution < -0.4 is 4.90 Å². The van der Waals surface area contributed by atoms with Crippen LogP contribution in [0.25, 0.3) is 0 Å². The zero-order valence-corrected chi connectivity index (χ0v) is 9.69. The molecule has 1 aliphatic heterocycles. The van der Waals surface area contributed by atoms with E-state index in [2.05, 4.69) is 4.98 Å². The van der Waals surface area contributed by atoms with Crippen LogP contribution in [0.2, 0.25) is 0 Å². The standard InChI is InChI=1S/C12H15FN2O2/c1-12(11(16)17)5-2-3-7-15(12)10-4-6-14-8-9(10)13/h4,6,8H,2-3,5,7H2,1H3,(H,16,17). The quantitative estimate of drug-likeness (QED) is 0.856. The number of nitrogens with zero attached hydrogens (tertiary/aromatic N) is 2. The Kier molecular flexibility index (Phi) is 3.00. The van der Waals surface area contributed by atoms with E-state index in [0.717, 1.165) is 19.0 Å². The van der Waals surface area contributed by atoms with E-state index in [9.17, 15) is 14.3 Å². The summed E-state index contributed by atoms with van der Waals surface area (Å²) in [4.78, 5) is 16.7. The summed E-state index contributed by atoms with van der Waals surface area (Å²) in [5.74, 6) is -1.38. The monoisotopic (exact) mass is 238 g/mol. The van der Waals surface area contributed by atoms with E-state index in [-0.39, 0.29) is 0 Å². The fourth-order valence-corrected chi connectivity index (χ4v) is 2.32. The zero-order valence-electron chi connectivity index (χ0n) is 9.69. The second-order valence-electron chi connectivity index (χ2n) is 4.51. The van der Waals surface area contributed by atoms with Crippen LogP contribution in [0.3, 0.4) is 0 Å². The van der Waals surface area contributed by atoms with Crippen molar-refractivity contribution in [1.29, 1.82) is 0 Å². The largest absolute Gasteiger partial charge is 0.480 e. The topological polar surface area (TPSA) is 53.4 Å². The van der Waals surface area contributed by atoms with Crippen molar-refractivity contribution in [1.82, 2.24) is 4.98 Å². The number of carbonyl (C=O) groups is 1. The van der Waals surface area contributed by atoms with Gasteiger partial charge in [0, 0.05) is 12.7 Å². The lowest BCUT2D eigenvalue weighted by Crippen LogP contribution is -2.55. The third-order valence-electron chi connectivity index (χ3n) is 3.39. The molecule has 0 saturated carbocycles. The van der Waals surface area contributed by atoms with Gasteiger partial charge < -0.3 is 10.0 Å². The second-order valence-corrected chi connectivity index (χ2v) is 4.51. The van der Waals surface area contributed by atoms with Crippen LogP contribution in [0, 0.1) is 5.82 Å². The molecule has 1 unspecified atom stereocenters. The molecule has 1 aliphatic rings. The number of hydrogen-bond acceptors (Lipinski definition) is 3. The van der Waals surface area contributed by atoms with E-state index < -0.39 is 17.3 Å². The van der Waals surface area contributed by atoms with E-state index in [1.807, 2.05) is 0 Å². The highest BCUT2D eigenvalue weighted by molar-refractivity contribution is 5.83. The summed E-state index contributed by atoms with van der Waals surface area (Å²) in [6, 6.07) is 1.53. The zero-order chi connectivity index (χ0) is 12.5. The fraction of sp³-hybridized carbons (Fsp3) is 0.500. The van der Waals surface area contributed by atoms with E-state index in [4.69, 9.17) is 0 Å². The van der Waals surface area contributed by atoms with Crippen molar-refractivity contribution in [2.75, 3.05) is 11.4 Å². The third-order valence-corrected chi connectivity index (χ3v) is 3.39. The molecule has 1 aromatic heterocycles. The van der Waals surface area contributed by atoms with Gasteiger partial charge in [-0.3, -0.25) is 4.98 Å². The molecule has 1 saturated heterocycles. The Morgan fingerprint density at radius 1 is 1.59 bits per heavy atom. The highest BCUT2D eigenvalue weighted by Crippen LogP contribution is 2.34. The minimum atomic E-state index is -1.03. The van der Waals surface area contributed by atoms with Gasteiger partial charge in [-0.2, -0.15) is 0 Å². The van der Waals surface area contributed by atoms with Crippen LogP contribution in [0.5, 0.6) is 0 Å². The molecule has 17 heavy (non-hydrogen) atoms. The highest BCUT2D eigenvalue weighted by atomic mass is 19.1. The SMILES string of the molecule is CC1(C(=O)O)CCCCN1c1ccncc1F. The van der Waals surface area contributed by atoms with E-state index >= 15 is 0 Å².